The summed E-state index contributed by atoms with van der Waals surface area (Å²) in [7, 11) is 1.79. The number of hydrogen-bond donors (Lipinski definition) is 1. The van der Waals surface area contributed by atoms with Gasteiger partial charge >= 0.3 is 0 Å². The first-order valence-corrected chi connectivity index (χ1v) is 6.31. The van der Waals surface area contributed by atoms with Gasteiger partial charge < -0.3 is 5.32 Å². The Morgan fingerprint density at radius 2 is 1.94 bits per heavy atom. The van der Waals surface area contributed by atoms with Crippen molar-refractivity contribution in [2.45, 2.75) is 13.8 Å². The number of halogens is 2. The van der Waals surface area contributed by atoms with Crippen LogP contribution >= 0.6 is 15.9 Å². The fraction of sp³-hybridized carbons (Fsp3) is 0.231. The predicted molar refractivity (Wildman–Crippen MR) is 74.1 cm³/mol. The third kappa shape index (κ3) is 2.22. The molecule has 0 unspecified atom stereocenters. The molecule has 0 atom stereocenters. The van der Waals surface area contributed by atoms with Crippen LogP contribution in [0.15, 0.2) is 22.7 Å². The van der Waals surface area contributed by atoms with Crippen molar-refractivity contribution in [3.63, 3.8) is 0 Å². The fourth-order valence-corrected chi connectivity index (χ4v) is 2.19. The van der Waals surface area contributed by atoms with Crippen molar-refractivity contribution >= 4 is 21.7 Å². The third-order valence-electron chi connectivity index (χ3n) is 2.70. The number of benzene rings is 1. The summed E-state index contributed by atoms with van der Waals surface area (Å²) in [6, 6.07) is 5.17. The predicted octanol–water partition coefficient (Wildman–Crippen LogP) is 3.70. The van der Waals surface area contributed by atoms with Crippen molar-refractivity contribution in [2.75, 3.05) is 12.4 Å². The molecule has 1 aromatic carbocycles. The van der Waals surface area contributed by atoms with Gasteiger partial charge in [0.25, 0.3) is 0 Å². The monoisotopic (exact) mass is 309 g/mol. The Bertz CT molecular complexity index is 599. The molecule has 2 rings (SSSR count). The Labute approximate surface area is 114 Å². The van der Waals surface area contributed by atoms with E-state index in [0.717, 1.165) is 11.4 Å². The average Bonchev–Trinajstić information content (AvgIpc) is 2.35. The van der Waals surface area contributed by atoms with E-state index < -0.39 is 0 Å². The molecule has 0 spiro atoms. The lowest BCUT2D eigenvalue weighted by Gasteiger charge is -2.12. The summed E-state index contributed by atoms with van der Waals surface area (Å²) in [6.45, 7) is 3.67. The maximum absolute atomic E-state index is 14.1. The molecule has 2 aromatic rings. The van der Waals surface area contributed by atoms with Crippen molar-refractivity contribution in [1.82, 2.24) is 9.97 Å². The number of rotatable bonds is 2. The van der Waals surface area contributed by atoms with Crippen molar-refractivity contribution in [3.05, 3.63) is 39.9 Å². The van der Waals surface area contributed by atoms with Crippen LogP contribution in [0.25, 0.3) is 11.3 Å². The van der Waals surface area contributed by atoms with E-state index in [4.69, 9.17) is 0 Å². The first-order valence-electron chi connectivity index (χ1n) is 5.52. The van der Waals surface area contributed by atoms with Crippen LogP contribution in [-0.4, -0.2) is 17.0 Å². The van der Waals surface area contributed by atoms with Crippen LogP contribution in [0.1, 0.15) is 11.4 Å². The summed E-state index contributed by atoms with van der Waals surface area (Å²) in [5.74, 6) is 1.02. The molecule has 5 heteroatoms. The first-order chi connectivity index (χ1) is 8.54. The molecule has 1 heterocycles. The van der Waals surface area contributed by atoms with Crippen molar-refractivity contribution in [3.8, 4) is 11.3 Å². The standard InChI is InChI=1S/C13H13BrFN3/c1-7-12(17-8(2)18-13(7)16-3)9-5-4-6-10(14)11(9)15/h4-6H,1-3H3,(H,16,17,18). The molecule has 0 saturated heterocycles. The minimum absolute atomic E-state index is 0.305. The zero-order valence-electron chi connectivity index (χ0n) is 10.4. The Hall–Kier alpha value is -1.49. The highest BCUT2D eigenvalue weighted by atomic mass is 79.9. The molecule has 0 aliphatic heterocycles. The Kier molecular flexibility index (Phi) is 3.61. The van der Waals surface area contributed by atoms with E-state index >= 15 is 0 Å². The topological polar surface area (TPSA) is 37.8 Å². The van der Waals surface area contributed by atoms with Crippen molar-refractivity contribution in [2.24, 2.45) is 0 Å². The van der Waals surface area contributed by atoms with Crippen LogP contribution in [-0.2, 0) is 0 Å². The summed E-state index contributed by atoms with van der Waals surface area (Å²) in [4.78, 5) is 8.61. The van der Waals surface area contributed by atoms with Gasteiger partial charge in [-0.05, 0) is 41.9 Å². The first kappa shape index (κ1) is 13.0. The van der Waals surface area contributed by atoms with E-state index in [-0.39, 0.29) is 5.82 Å². The number of aromatic nitrogens is 2. The summed E-state index contributed by atoms with van der Waals surface area (Å²) < 4.78 is 14.5. The van der Waals surface area contributed by atoms with Crippen LogP contribution < -0.4 is 5.32 Å². The number of hydrogen-bond acceptors (Lipinski definition) is 3. The molecular weight excluding hydrogens is 297 g/mol. The summed E-state index contributed by atoms with van der Waals surface area (Å²) in [6.07, 6.45) is 0. The number of nitrogens with one attached hydrogen (secondary N) is 1. The minimum atomic E-state index is -0.305. The Morgan fingerprint density at radius 3 is 2.61 bits per heavy atom. The van der Waals surface area contributed by atoms with Crippen molar-refractivity contribution in [1.29, 1.82) is 0 Å². The smallest absolute Gasteiger partial charge is 0.146 e. The Morgan fingerprint density at radius 1 is 1.22 bits per heavy atom. The quantitative estimate of drug-likeness (QED) is 0.919. The molecule has 0 bridgehead atoms. The van der Waals surface area contributed by atoms with Gasteiger partial charge in [0.2, 0.25) is 0 Å². The van der Waals surface area contributed by atoms with E-state index in [2.05, 4.69) is 31.2 Å². The molecule has 3 nitrogen and oxygen atoms in total. The molecule has 0 saturated carbocycles. The lowest BCUT2D eigenvalue weighted by molar-refractivity contribution is 0.624. The van der Waals surface area contributed by atoms with E-state index in [1.54, 1.807) is 32.2 Å². The number of aryl methyl sites for hydroxylation is 1. The minimum Gasteiger partial charge on any atom is -0.373 e. The van der Waals surface area contributed by atoms with Crippen molar-refractivity contribution < 1.29 is 4.39 Å². The maximum Gasteiger partial charge on any atom is 0.146 e. The van der Waals surface area contributed by atoms with Gasteiger partial charge in [0, 0.05) is 18.2 Å². The van der Waals surface area contributed by atoms with E-state index in [9.17, 15) is 4.39 Å². The van der Waals surface area contributed by atoms with Gasteiger partial charge in [0.05, 0.1) is 10.2 Å². The van der Waals surface area contributed by atoms with Gasteiger partial charge in [-0.1, -0.05) is 6.07 Å². The second-order valence-corrected chi connectivity index (χ2v) is 4.80. The van der Waals surface area contributed by atoms with Gasteiger partial charge in [0.15, 0.2) is 0 Å². The molecule has 0 radical (unpaired) electrons. The highest BCUT2D eigenvalue weighted by Gasteiger charge is 2.15. The highest BCUT2D eigenvalue weighted by Crippen LogP contribution is 2.30. The second-order valence-electron chi connectivity index (χ2n) is 3.94. The van der Waals surface area contributed by atoms with Crippen LogP contribution in [0, 0.1) is 19.7 Å². The zero-order chi connectivity index (χ0) is 13.3. The van der Waals surface area contributed by atoms with Gasteiger partial charge in [0.1, 0.15) is 17.5 Å². The van der Waals surface area contributed by atoms with Gasteiger partial charge in [-0.2, -0.15) is 0 Å². The highest BCUT2D eigenvalue weighted by molar-refractivity contribution is 9.10. The normalized spacial score (nSPS) is 10.5. The second kappa shape index (κ2) is 5.02. The zero-order valence-corrected chi connectivity index (χ0v) is 12.0. The lowest BCUT2D eigenvalue weighted by atomic mass is 10.1. The number of anilines is 1. The largest absolute Gasteiger partial charge is 0.373 e. The molecule has 0 amide bonds. The molecule has 1 N–H and O–H groups in total. The SMILES string of the molecule is CNc1nc(C)nc(-c2cccc(Br)c2F)c1C. The average molecular weight is 310 g/mol. The van der Waals surface area contributed by atoms with Crippen LogP contribution in [0.4, 0.5) is 10.2 Å². The molecule has 0 aliphatic rings. The summed E-state index contributed by atoms with van der Waals surface area (Å²) in [5.41, 5.74) is 1.93. The Balaban J connectivity index is 2.71. The van der Waals surface area contributed by atoms with E-state index in [0.29, 0.717) is 21.6 Å². The summed E-state index contributed by atoms with van der Waals surface area (Å²) in [5, 5.41) is 3.00. The maximum atomic E-state index is 14.1. The third-order valence-corrected chi connectivity index (χ3v) is 3.31. The molecule has 1 aromatic heterocycles. The van der Waals surface area contributed by atoms with Gasteiger partial charge in [-0.3, -0.25) is 0 Å². The van der Waals surface area contributed by atoms with Crippen LogP contribution in [0.2, 0.25) is 0 Å². The van der Waals surface area contributed by atoms with E-state index in [1.165, 1.54) is 0 Å². The van der Waals surface area contributed by atoms with E-state index in [1.807, 2.05) is 6.92 Å². The van der Waals surface area contributed by atoms with Crippen LogP contribution in [0.5, 0.6) is 0 Å². The van der Waals surface area contributed by atoms with Crippen LogP contribution in [0.3, 0.4) is 0 Å². The van der Waals surface area contributed by atoms with Gasteiger partial charge in [-0.15, -0.1) is 0 Å². The molecule has 94 valence electrons. The lowest BCUT2D eigenvalue weighted by Crippen LogP contribution is -2.03. The van der Waals surface area contributed by atoms with Gasteiger partial charge in [-0.25, -0.2) is 14.4 Å². The fourth-order valence-electron chi connectivity index (χ4n) is 1.82. The molecule has 18 heavy (non-hydrogen) atoms. The number of nitrogens with zero attached hydrogens (tertiary/aromatic N) is 2. The molecule has 0 aliphatic carbocycles. The molecular formula is C13H13BrFN3. The molecule has 0 fully saturated rings. The summed E-state index contributed by atoms with van der Waals surface area (Å²) >= 11 is 3.19.